The molecule has 2 aromatic carbocycles. The van der Waals surface area contributed by atoms with Crippen LogP contribution < -0.4 is 10.5 Å². The van der Waals surface area contributed by atoms with Crippen molar-refractivity contribution >= 4 is 32.6 Å². The second-order valence-electron chi connectivity index (χ2n) is 5.58. The molecule has 0 amide bonds. The molecule has 130 valence electrons. The molecule has 2 aromatic heterocycles. The van der Waals surface area contributed by atoms with Crippen LogP contribution in [0.1, 0.15) is 0 Å². The van der Waals surface area contributed by atoms with Gasteiger partial charge in [-0.1, -0.05) is 30.3 Å². The van der Waals surface area contributed by atoms with E-state index in [0.29, 0.717) is 22.6 Å². The molecule has 8 heteroatoms. The van der Waals surface area contributed by atoms with Crippen LogP contribution in [0.2, 0.25) is 0 Å². The van der Waals surface area contributed by atoms with Gasteiger partial charge in [-0.15, -0.1) is 0 Å². The van der Waals surface area contributed by atoms with Crippen LogP contribution in [0.25, 0.3) is 22.2 Å². The fourth-order valence-corrected chi connectivity index (χ4v) is 3.72. The van der Waals surface area contributed by atoms with E-state index >= 15 is 0 Å². The fourth-order valence-electron chi connectivity index (χ4n) is 2.64. The van der Waals surface area contributed by atoms with Crippen LogP contribution in [0.4, 0.5) is 11.5 Å². The summed E-state index contributed by atoms with van der Waals surface area (Å²) in [4.78, 5) is 8.22. The van der Waals surface area contributed by atoms with Gasteiger partial charge in [0.25, 0.3) is 10.0 Å². The van der Waals surface area contributed by atoms with E-state index in [-0.39, 0.29) is 4.90 Å². The minimum Gasteiger partial charge on any atom is -0.445 e. The molecule has 0 aliphatic heterocycles. The van der Waals surface area contributed by atoms with Crippen LogP contribution in [0, 0.1) is 0 Å². The van der Waals surface area contributed by atoms with Gasteiger partial charge in [0, 0.05) is 11.3 Å². The number of sulfonamides is 1. The van der Waals surface area contributed by atoms with Crippen LogP contribution in [0.3, 0.4) is 0 Å². The number of nitrogens with one attached hydrogen (secondary N) is 1. The van der Waals surface area contributed by atoms with E-state index in [9.17, 15) is 8.42 Å². The summed E-state index contributed by atoms with van der Waals surface area (Å²) in [6.07, 6.45) is 2.89. The molecular formula is C18H14N4O3S. The molecule has 0 radical (unpaired) electrons. The van der Waals surface area contributed by atoms with Crippen LogP contribution in [0.5, 0.6) is 0 Å². The molecule has 0 aliphatic carbocycles. The number of hydrogen-bond acceptors (Lipinski definition) is 6. The number of aromatic nitrogens is 2. The second-order valence-corrected chi connectivity index (χ2v) is 7.27. The number of furan rings is 1. The van der Waals surface area contributed by atoms with E-state index in [0.717, 1.165) is 11.1 Å². The van der Waals surface area contributed by atoms with Crippen molar-refractivity contribution in [2.24, 2.45) is 0 Å². The van der Waals surface area contributed by atoms with Crippen molar-refractivity contribution in [1.29, 1.82) is 0 Å². The molecule has 0 saturated carbocycles. The topological polar surface area (TPSA) is 111 Å². The number of nitrogen functional groups attached to an aromatic ring is 1. The summed E-state index contributed by atoms with van der Waals surface area (Å²) >= 11 is 0. The largest absolute Gasteiger partial charge is 0.445 e. The van der Waals surface area contributed by atoms with Crippen molar-refractivity contribution in [3.63, 3.8) is 0 Å². The summed E-state index contributed by atoms with van der Waals surface area (Å²) in [6, 6.07) is 15.1. The zero-order valence-corrected chi connectivity index (χ0v) is 14.3. The molecule has 3 N–H and O–H groups in total. The zero-order valence-electron chi connectivity index (χ0n) is 13.5. The average molecular weight is 366 g/mol. The van der Waals surface area contributed by atoms with Gasteiger partial charge in [-0.05, 0) is 29.8 Å². The highest BCUT2D eigenvalue weighted by atomic mass is 32.2. The molecule has 26 heavy (non-hydrogen) atoms. The van der Waals surface area contributed by atoms with Crippen molar-refractivity contribution in [2.75, 3.05) is 10.5 Å². The molecule has 7 nitrogen and oxygen atoms in total. The number of fused-ring (bicyclic) bond motifs is 1. The van der Waals surface area contributed by atoms with Crippen molar-refractivity contribution in [1.82, 2.24) is 9.97 Å². The standard InChI is InChI=1S/C18H14N4O3S/c19-17-16-15(10-25-18(16)21-11-20-17)12-6-8-13(9-7-12)22-26(23,24)14-4-2-1-3-5-14/h1-11,22H,(H2,19,20,21). The van der Waals surface area contributed by atoms with Crippen molar-refractivity contribution < 1.29 is 12.8 Å². The third-order valence-corrected chi connectivity index (χ3v) is 5.30. The van der Waals surface area contributed by atoms with Crippen LogP contribution in [-0.4, -0.2) is 18.4 Å². The van der Waals surface area contributed by atoms with Crippen molar-refractivity contribution in [3.8, 4) is 11.1 Å². The minimum absolute atomic E-state index is 0.204. The van der Waals surface area contributed by atoms with E-state index in [2.05, 4.69) is 14.7 Å². The summed E-state index contributed by atoms with van der Waals surface area (Å²) in [7, 11) is -3.63. The van der Waals surface area contributed by atoms with Crippen LogP contribution in [-0.2, 0) is 10.0 Å². The third kappa shape index (κ3) is 2.86. The number of nitrogens with two attached hydrogens (primary N) is 1. The molecule has 2 heterocycles. The Kier molecular flexibility index (Phi) is 3.81. The third-order valence-electron chi connectivity index (χ3n) is 3.90. The van der Waals surface area contributed by atoms with Gasteiger partial charge < -0.3 is 10.2 Å². The van der Waals surface area contributed by atoms with Crippen molar-refractivity contribution in [3.05, 3.63) is 67.2 Å². The van der Waals surface area contributed by atoms with Gasteiger partial charge in [0.05, 0.1) is 10.3 Å². The summed E-state index contributed by atoms with van der Waals surface area (Å²) in [5, 5.41) is 0.630. The quantitative estimate of drug-likeness (QED) is 0.573. The van der Waals surface area contributed by atoms with Gasteiger partial charge in [-0.25, -0.2) is 18.4 Å². The van der Waals surface area contributed by atoms with Gasteiger partial charge in [-0.2, -0.15) is 0 Å². The summed E-state index contributed by atoms with van der Waals surface area (Å²) in [5.41, 5.74) is 8.33. The molecule has 0 saturated heterocycles. The van der Waals surface area contributed by atoms with E-state index < -0.39 is 10.0 Å². The number of benzene rings is 2. The van der Waals surface area contributed by atoms with E-state index in [1.165, 1.54) is 18.5 Å². The maximum atomic E-state index is 12.4. The van der Waals surface area contributed by atoms with E-state index in [1.54, 1.807) is 48.7 Å². The Hall–Kier alpha value is -3.39. The van der Waals surface area contributed by atoms with Gasteiger partial charge in [0.2, 0.25) is 5.71 Å². The summed E-state index contributed by atoms with van der Waals surface area (Å²) in [6.45, 7) is 0. The number of anilines is 2. The summed E-state index contributed by atoms with van der Waals surface area (Å²) < 4.78 is 32.7. The SMILES string of the molecule is Nc1ncnc2occ(-c3ccc(NS(=O)(=O)c4ccccc4)cc3)c12. The smallest absolute Gasteiger partial charge is 0.261 e. The van der Waals surface area contributed by atoms with E-state index in [1.807, 2.05) is 0 Å². The average Bonchev–Trinajstić information content (AvgIpc) is 3.08. The zero-order chi connectivity index (χ0) is 18.1. The maximum Gasteiger partial charge on any atom is 0.261 e. The highest BCUT2D eigenvalue weighted by Gasteiger charge is 2.15. The maximum absolute atomic E-state index is 12.4. The molecule has 0 unspecified atom stereocenters. The highest BCUT2D eigenvalue weighted by molar-refractivity contribution is 7.92. The Morgan fingerprint density at radius 1 is 0.962 bits per heavy atom. The molecule has 4 rings (SSSR count). The predicted molar refractivity (Wildman–Crippen MR) is 98.9 cm³/mol. The molecule has 0 fully saturated rings. The lowest BCUT2D eigenvalue weighted by Crippen LogP contribution is -2.12. The minimum atomic E-state index is -3.63. The second kappa shape index (κ2) is 6.16. The predicted octanol–water partition coefficient (Wildman–Crippen LogP) is 3.27. The Morgan fingerprint density at radius 3 is 2.42 bits per heavy atom. The molecule has 0 aliphatic rings. The van der Waals surface area contributed by atoms with Gasteiger partial charge in [-0.3, -0.25) is 4.72 Å². The Balaban J connectivity index is 1.65. The number of rotatable bonds is 4. The first-order chi connectivity index (χ1) is 12.5. The lowest BCUT2D eigenvalue weighted by Gasteiger charge is -2.08. The number of hydrogen-bond donors (Lipinski definition) is 2. The lowest BCUT2D eigenvalue weighted by atomic mass is 10.1. The Bertz CT molecular complexity index is 1170. The van der Waals surface area contributed by atoms with Crippen LogP contribution >= 0.6 is 0 Å². The monoisotopic (exact) mass is 366 g/mol. The molecule has 0 atom stereocenters. The molecule has 0 bridgehead atoms. The fraction of sp³-hybridized carbons (Fsp3) is 0. The highest BCUT2D eigenvalue weighted by Crippen LogP contribution is 2.33. The van der Waals surface area contributed by atoms with Crippen LogP contribution in [0.15, 0.2) is 76.5 Å². The lowest BCUT2D eigenvalue weighted by molar-refractivity contribution is 0.601. The first kappa shape index (κ1) is 16.1. The van der Waals surface area contributed by atoms with Gasteiger partial charge in [0.15, 0.2) is 0 Å². The molecular weight excluding hydrogens is 352 g/mol. The first-order valence-electron chi connectivity index (χ1n) is 7.70. The van der Waals surface area contributed by atoms with E-state index in [4.69, 9.17) is 10.2 Å². The molecule has 4 aromatic rings. The Labute approximate surface area is 149 Å². The number of nitrogens with zero attached hydrogens (tertiary/aromatic N) is 2. The molecule has 0 spiro atoms. The normalized spacial score (nSPS) is 11.5. The van der Waals surface area contributed by atoms with Gasteiger partial charge >= 0.3 is 0 Å². The first-order valence-corrected chi connectivity index (χ1v) is 9.19. The van der Waals surface area contributed by atoms with Crippen molar-refractivity contribution in [2.45, 2.75) is 4.90 Å². The summed E-state index contributed by atoms with van der Waals surface area (Å²) in [5.74, 6) is 0.326. The van der Waals surface area contributed by atoms with Gasteiger partial charge in [0.1, 0.15) is 18.4 Å². The Morgan fingerprint density at radius 2 is 1.69 bits per heavy atom.